The lowest BCUT2D eigenvalue weighted by Crippen LogP contribution is -2.08. The highest BCUT2D eigenvalue weighted by atomic mass is 16.3. The van der Waals surface area contributed by atoms with Crippen LogP contribution in [-0.2, 0) is 13.0 Å². The molecule has 0 unspecified atom stereocenters. The molecule has 4 nitrogen and oxygen atoms in total. The van der Waals surface area contributed by atoms with E-state index in [4.69, 9.17) is 5.11 Å². The number of hydrogen-bond donors (Lipinski definition) is 2. The molecule has 0 amide bonds. The average Bonchev–Trinajstić information content (AvgIpc) is 2.40. The van der Waals surface area contributed by atoms with Crippen LogP contribution in [0.5, 0.6) is 0 Å². The molecular weight excluding hydrogens is 214 g/mol. The van der Waals surface area contributed by atoms with Gasteiger partial charge in [0.05, 0.1) is 6.61 Å². The van der Waals surface area contributed by atoms with Crippen molar-refractivity contribution in [1.29, 1.82) is 0 Å². The normalized spacial score (nSPS) is 10.2. The third-order valence-corrected chi connectivity index (χ3v) is 2.51. The first-order valence-electron chi connectivity index (χ1n) is 5.57. The summed E-state index contributed by atoms with van der Waals surface area (Å²) in [5, 5.41) is 12.3. The molecule has 0 fully saturated rings. The van der Waals surface area contributed by atoms with Gasteiger partial charge in [-0.1, -0.05) is 30.3 Å². The molecule has 0 aliphatic heterocycles. The quantitative estimate of drug-likeness (QED) is 0.818. The standard InChI is InChI=1S/C13H15N3O/c17-9-12-8-14-10-16-13(12)15-7-6-11-4-2-1-3-5-11/h1-5,8,10,17H,6-7,9H2,(H,14,15,16). The second-order valence-corrected chi connectivity index (χ2v) is 3.72. The Balaban J connectivity index is 1.90. The van der Waals surface area contributed by atoms with Gasteiger partial charge in [-0.15, -0.1) is 0 Å². The molecule has 0 aliphatic rings. The van der Waals surface area contributed by atoms with E-state index in [1.165, 1.54) is 11.9 Å². The summed E-state index contributed by atoms with van der Waals surface area (Å²) in [4.78, 5) is 7.97. The molecule has 0 atom stereocenters. The Bertz CT molecular complexity index is 459. The van der Waals surface area contributed by atoms with Gasteiger partial charge in [0.1, 0.15) is 12.1 Å². The third kappa shape index (κ3) is 3.26. The first-order chi connectivity index (χ1) is 8.40. The Hall–Kier alpha value is -1.94. The van der Waals surface area contributed by atoms with Gasteiger partial charge in [0.25, 0.3) is 0 Å². The van der Waals surface area contributed by atoms with E-state index in [-0.39, 0.29) is 6.61 Å². The van der Waals surface area contributed by atoms with Crippen molar-refractivity contribution in [2.24, 2.45) is 0 Å². The van der Waals surface area contributed by atoms with Gasteiger partial charge < -0.3 is 10.4 Å². The molecule has 0 radical (unpaired) electrons. The van der Waals surface area contributed by atoms with Crippen LogP contribution in [-0.4, -0.2) is 21.6 Å². The van der Waals surface area contributed by atoms with Gasteiger partial charge in [-0.2, -0.15) is 0 Å². The fraction of sp³-hybridized carbons (Fsp3) is 0.231. The zero-order chi connectivity index (χ0) is 11.9. The van der Waals surface area contributed by atoms with Crippen molar-refractivity contribution in [2.75, 3.05) is 11.9 Å². The van der Waals surface area contributed by atoms with Crippen LogP contribution in [0.3, 0.4) is 0 Å². The minimum atomic E-state index is -0.0471. The van der Waals surface area contributed by atoms with Crippen LogP contribution in [0.4, 0.5) is 5.82 Å². The number of hydrogen-bond acceptors (Lipinski definition) is 4. The van der Waals surface area contributed by atoms with E-state index in [2.05, 4.69) is 27.4 Å². The fourth-order valence-electron chi connectivity index (χ4n) is 1.60. The molecular formula is C13H15N3O. The molecule has 1 aromatic heterocycles. The first-order valence-corrected chi connectivity index (χ1v) is 5.57. The van der Waals surface area contributed by atoms with Gasteiger partial charge >= 0.3 is 0 Å². The smallest absolute Gasteiger partial charge is 0.134 e. The van der Waals surface area contributed by atoms with Crippen molar-refractivity contribution in [3.8, 4) is 0 Å². The number of nitrogens with zero attached hydrogens (tertiary/aromatic N) is 2. The number of nitrogens with one attached hydrogen (secondary N) is 1. The molecule has 0 aliphatic carbocycles. The predicted molar refractivity (Wildman–Crippen MR) is 66.6 cm³/mol. The molecule has 2 aromatic rings. The maximum atomic E-state index is 9.11. The molecule has 0 saturated heterocycles. The van der Waals surface area contributed by atoms with Crippen LogP contribution in [0.25, 0.3) is 0 Å². The van der Waals surface area contributed by atoms with Crippen LogP contribution in [0.2, 0.25) is 0 Å². The van der Waals surface area contributed by atoms with E-state index >= 15 is 0 Å². The van der Waals surface area contributed by atoms with Gasteiger partial charge in [-0.25, -0.2) is 9.97 Å². The molecule has 1 aromatic carbocycles. The summed E-state index contributed by atoms with van der Waals surface area (Å²) >= 11 is 0. The molecule has 2 rings (SSSR count). The fourth-order valence-corrected chi connectivity index (χ4v) is 1.60. The van der Waals surface area contributed by atoms with Crippen molar-refractivity contribution >= 4 is 5.82 Å². The number of aromatic nitrogens is 2. The minimum Gasteiger partial charge on any atom is -0.391 e. The second-order valence-electron chi connectivity index (χ2n) is 3.72. The number of aliphatic hydroxyl groups is 1. The summed E-state index contributed by atoms with van der Waals surface area (Å²) in [6.07, 6.45) is 4.03. The predicted octanol–water partition coefficient (Wildman–Crippen LogP) is 1.62. The summed E-state index contributed by atoms with van der Waals surface area (Å²) in [6.45, 7) is 0.739. The summed E-state index contributed by atoms with van der Waals surface area (Å²) in [5.74, 6) is 0.707. The van der Waals surface area contributed by atoms with Crippen LogP contribution >= 0.6 is 0 Å². The molecule has 0 spiro atoms. The number of aliphatic hydroxyl groups excluding tert-OH is 1. The van der Waals surface area contributed by atoms with E-state index in [9.17, 15) is 0 Å². The zero-order valence-corrected chi connectivity index (χ0v) is 9.50. The molecule has 88 valence electrons. The lowest BCUT2D eigenvalue weighted by molar-refractivity contribution is 0.281. The minimum absolute atomic E-state index is 0.0471. The molecule has 2 N–H and O–H groups in total. The van der Waals surface area contributed by atoms with Crippen LogP contribution < -0.4 is 5.32 Å². The molecule has 0 saturated carbocycles. The van der Waals surface area contributed by atoms with E-state index in [1.807, 2.05) is 18.2 Å². The first kappa shape index (κ1) is 11.5. The van der Waals surface area contributed by atoms with Gasteiger partial charge in [0.15, 0.2) is 0 Å². The van der Waals surface area contributed by atoms with Gasteiger partial charge in [0, 0.05) is 18.3 Å². The lowest BCUT2D eigenvalue weighted by atomic mass is 10.1. The monoisotopic (exact) mass is 229 g/mol. The SMILES string of the molecule is OCc1cncnc1NCCc1ccccc1. The Morgan fingerprint density at radius 3 is 2.76 bits per heavy atom. The van der Waals surface area contributed by atoms with Crippen LogP contribution in [0.1, 0.15) is 11.1 Å². The lowest BCUT2D eigenvalue weighted by Gasteiger charge is -2.08. The van der Waals surface area contributed by atoms with E-state index in [1.54, 1.807) is 6.20 Å². The van der Waals surface area contributed by atoms with Crippen molar-refractivity contribution in [2.45, 2.75) is 13.0 Å². The Morgan fingerprint density at radius 2 is 2.00 bits per heavy atom. The Kier molecular flexibility index (Phi) is 4.05. The van der Waals surface area contributed by atoms with Crippen molar-refractivity contribution in [1.82, 2.24) is 9.97 Å². The van der Waals surface area contributed by atoms with Gasteiger partial charge in [0.2, 0.25) is 0 Å². The van der Waals surface area contributed by atoms with Crippen molar-refractivity contribution < 1.29 is 5.11 Å². The van der Waals surface area contributed by atoms with E-state index in [0.717, 1.165) is 18.5 Å². The number of rotatable bonds is 5. The maximum Gasteiger partial charge on any atom is 0.134 e. The number of anilines is 1. The largest absolute Gasteiger partial charge is 0.391 e. The second kappa shape index (κ2) is 5.96. The van der Waals surface area contributed by atoms with E-state index in [0.29, 0.717) is 5.82 Å². The Morgan fingerprint density at radius 1 is 1.18 bits per heavy atom. The highest BCUT2D eigenvalue weighted by molar-refractivity contribution is 5.41. The highest BCUT2D eigenvalue weighted by Crippen LogP contribution is 2.09. The summed E-state index contributed by atoms with van der Waals surface area (Å²) in [7, 11) is 0. The molecule has 4 heteroatoms. The van der Waals surface area contributed by atoms with Gasteiger partial charge in [-0.3, -0.25) is 0 Å². The van der Waals surface area contributed by atoms with E-state index < -0.39 is 0 Å². The summed E-state index contributed by atoms with van der Waals surface area (Å²) in [5.41, 5.74) is 2.00. The molecule has 17 heavy (non-hydrogen) atoms. The third-order valence-electron chi connectivity index (χ3n) is 2.51. The van der Waals surface area contributed by atoms with Gasteiger partial charge in [-0.05, 0) is 12.0 Å². The number of benzene rings is 1. The molecule has 1 heterocycles. The highest BCUT2D eigenvalue weighted by Gasteiger charge is 2.01. The van der Waals surface area contributed by atoms with Crippen LogP contribution in [0.15, 0.2) is 42.9 Å². The summed E-state index contributed by atoms with van der Waals surface area (Å²) in [6, 6.07) is 10.2. The van der Waals surface area contributed by atoms with Crippen LogP contribution in [0, 0.1) is 0 Å². The zero-order valence-electron chi connectivity index (χ0n) is 9.50. The topological polar surface area (TPSA) is 58.0 Å². The Labute approximate surface area is 100 Å². The summed E-state index contributed by atoms with van der Waals surface area (Å²) < 4.78 is 0. The maximum absolute atomic E-state index is 9.11. The average molecular weight is 229 g/mol. The van der Waals surface area contributed by atoms with Crippen molar-refractivity contribution in [3.63, 3.8) is 0 Å². The molecule has 0 bridgehead atoms. The van der Waals surface area contributed by atoms with Crippen molar-refractivity contribution in [3.05, 3.63) is 54.0 Å².